The summed E-state index contributed by atoms with van der Waals surface area (Å²) in [7, 11) is 2.12. The van der Waals surface area contributed by atoms with E-state index in [1.807, 2.05) is 37.3 Å². The summed E-state index contributed by atoms with van der Waals surface area (Å²) in [4.78, 5) is 26.3. The Labute approximate surface area is 152 Å². The van der Waals surface area contributed by atoms with E-state index in [0.29, 0.717) is 16.8 Å². The maximum atomic E-state index is 12.6. The van der Waals surface area contributed by atoms with Gasteiger partial charge in [0.25, 0.3) is 0 Å². The molecule has 1 saturated heterocycles. The Kier molecular flexibility index (Phi) is 4.42. The van der Waals surface area contributed by atoms with E-state index in [2.05, 4.69) is 26.8 Å². The Bertz CT molecular complexity index is 991. The highest BCUT2D eigenvalue weighted by Crippen LogP contribution is 2.28. The largest absolute Gasteiger partial charge is 0.403 e. The summed E-state index contributed by atoms with van der Waals surface area (Å²) in [6.07, 6.45) is 2.54. The smallest absolute Gasteiger partial charge is 0.347 e. The van der Waals surface area contributed by atoms with Gasteiger partial charge in [0.05, 0.1) is 16.5 Å². The van der Waals surface area contributed by atoms with Gasteiger partial charge in [0.2, 0.25) is 5.89 Å². The fraction of sp³-hybridized carbons (Fsp3) is 0.350. The van der Waals surface area contributed by atoms with Gasteiger partial charge >= 0.3 is 5.63 Å². The molecule has 4 rings (SSSR count). The van der Waals surface area contributed by atoms with E-state index in [4.69, 9.17) is 4.42 Å². The third-order valence-electron chi connectivity index (χ3n) is 4.95. The molecule has 2 aromatic heterocycles. The van der Waals surface area contributed by atoms with E-state index >= 15 is 0 Å². The first-order valence-electron chi connectivity index (χ1n) is 8.99. The van der Waals surface area contributed by atoms with Crippen molar-refractivity contribution in [3.63, 3.8) is 0 Å². The lowest BCUT2D eigenvalue weighted by molar-refractivity contribution is 0.312. The van der Waals surface area contributed by atoms with Crippen molar-refractivity contribution >= 4 is 16.7 Å². The van der Waals surface area contributed by atoms with Crippen molar-refractivity contribution in [1.29, 1.82) is 0 Å². The van der Waals surface area contributed by atoms with Crippen LogP contribution in [0.15, 0.2) is 45.7 Å². The van der Waals surface area contributed by atoms with Crippen molar-refractivity contribution in [2.24, 2.45) is 0 Å². The lowest BCUT2D eigenvalue weighted by Crippen LogP contribution is -2.45. The second-order valence-electron chi connectivity index (χ2n) is 6.64. The number of nitrogens with zero attached hydrogens (tertiary/aromatic N) is 4. The summed E-state index contributed by atoms with van der Waals surface area (Å²) >= 11 is 0. The van der Waals surface area contributed by atoms with Gasteiger partial charge in [-0.1, -0.05) is 19.1 Å². The average molecular weight is 350 g/mol. The van der Waals surface area contributed by atoms with Crippen molar-refractivity contribution in [2.45, 2.75) is 13.3 Å². The molecule has 0 aliphatic carbocycles. The minimum atomic E-state index is -0.337. The number of piperazine rings is 1. The molecule has 1 fully saturated rings. The Morgan fingerprint density at radius 2 is 1.92 bits per heavy atom. The molecule has 3 heterocycles. The summed E-state index contributed by atoms with van der Waals surface area (Å²) in [5.41, 5.74) is 2.05. The van der Waals surface area contributed by atoms with Crippen LogP contribution in [0.3, 0.4) is 0 Å². The first kappa shape index (κ1) is 16.7. The summed E-state index contributed by atoms with van der Waals surface area (Å²) in [5.74, 6) is 1.15. The molecule has 134 valence electrons. The number of aryl methyl sites for hydroxylation is 1. The quantitative estimate of drug-likeness (QED) is 0.723. The highest BCUT2D eigenvalue weighted by molar-refractivity contribution is 5.83. The number of aromatic nitrogens is 2. The molecule has 0 spiro atoms. The first-order valence-corrected chi connectivity index (χ1v) is 8.99. The number of pyridine rings is 1. The van der Waals surface area contributed by atoms with Gasteiger partial charge in [-0.15, -0.1) is 0 Å². The number of benzene rings is 1. The summed E-state index contributed by atoms with van der Waals surface area (Å²) in [5, 5.41) is 0.573. The number of hydrogen-bond donors (Lipinski definition) is 0. The van der Waals surface area contributed by atoms with Crippen LogP contribution in [-0.4, -0.2) is 48.1 Å². The van der Waals surface area contributed by atoms with E-state index in [1.165, 1.54) is 0 Å². The normalized spacial score (nSPS) is 15.5. The van der Waals surface area contributed by atoms with E-state index in [9.17, 15) is 4.79 Å². The number of likely N-dealkylation sites (N-methyl/N-ethyl adjacent to an activating group) is 1. The lowest BCUT2D eigenvalue weighted by Gasteiger charge is -2.33. The van der Waals surface area contributed by atoms with Crippen LogP contribution in [0.4, 0.5) is 5.82 Å². The number of hydrogen-bond acceptors (Lipinski definition) is 6. The fourth-order valence-corrected chi connectivity index (χ4v) is 3.43. The van der Waals surface area contributed by atoms with Crippen LogP contribution >= 0.6 is 0 Å². The van der Waals surface area contributed by atoms with Gasteiger partial charge in [0.1, 0.15) is 5.82 Å². The third-order valence-corrected chi connectivity index (χ3v) is 4.95. The molecule has 26 heavy (non-hydrogen) atoms. The summed E-state index contributed by atoms with van der Waals surface area (Å²) in [6.45, 7) is 5.75. The Hall–Kier alpha value is -2.73. The van der Waals surface area contributed by atoms with Crippen LogP contribution in [0.1, 0.15) is 12.5 Å². The predicted octanol–water partition coefficient (Wildman–Crippen LogP) is 2.56. The van der Waals surface area contributed by atoms with Gasteiger partial charge in [-0.2, -0.15) is 0 Å². The van der Waals surface area contributed by atoms with Gasteiger partial charge in [-0.05, 0) is 37.2 Å². The summed E-state index contributed by atoms with van der Waals surface area (Å²) in [6, 6.07) is 9.51. The maximum Gasteiger partial charge on any atom is 0.347 e. The molecule has 6 nitrogen and oxygen atoms in total. The van der Waals surface area contributed by atoms with Gasteiger partial charge in [-0.3, -0.25) is 0 Å². The van der Waals surface area contributed by atoms with Crippen molar-refractivity contribution in [3.05, 3.63) is 52.5 Å². The van der Waals surface area contributed by atoms with E-state index in [0.717, 1.165) is 49.5 Å². The van der Waals surface area contributed by atoms with Crippen LogP contribution in [0.2, 0.25) is 0 Å². The van der Waals surface area contributed by atoms with E-state index < -0.39 is 0 Å². The van der Waals surface area contributed by atoms with E-state index in [1.54, 1.807) is 6.20 Å². The lowest BCUT2D eigenvalue weighted by atomic mass is 10.1. The highest BCUT2D eigenvalue weighted by Gasteiger charge is 2.21. The van der Waals surface area contributed by atoms with Crippen LogP contribution in [0.25, 0.3) is 22.4 Å². The Balaban J connectivity index is 1.83. The minimum absolute atomic E-state index is 0.331. The zero-order valence-electron chi connectivity index (χ0n) is 15.1. The van der Waals surface area contributed by atoms with E-state index in [-0.39, 0.29) is 5.63 Å². The molecule has 1 aliphatic heterocycles. The van der Waals surface area contributed by atoms with Crippen molar-refractivity contribution < 1.29 is 4.42 Å². The van der Waals surface area contributed by atoms with Gasteiger partial charge in [-0.25, -0.2) is 14.8 Å². The second kappa shape index (κ2) is 6.88. The molecule has 1 aliphatic rings. The van der Waals surface area contributed by atoms with Crippen LogP contribution < -0.4 is 10.5 Å². The Morgan fingerprint density at radius 3 is 2.69 bits per heavy atom. The predicted molar refractivity (Wildman–Crippen MR) is 103 cm³/mol. The molecule has 0 radical (unpaired) electrons. The monoisotopic (exact) mass is 350 g/mol. The molecule has 0 saturated carbocycles. The van der Waals surface area contributed by atoms with Crippen molar-refractivity contribution in [2.75, 3.05) is 38.1 Å². The van der Waals surface area contributed by atoms with Gasteiger partial charge in [0.15, 0.2) is 0 Å². The molecule has 3 aromatic rings. The average Bonchev–Trinajstić information content (AvgIpc) is 2.68. The highest BCUT2D eigenvalue weighted by atomic mass is 16.4. The molecular weight excluding hydrogens is 328 g/mol. The molecular formula is C20H22N4O2. The molecule has 0 unspecified atom stereocenters. The van der Waals surface area contributed by atoms with Crippen LogP contribution in [0, 0.1) is 0 Å². The van der Waals surface area contributed by atoms with Crippen LogP contribution in [0.5, 0.6) is 0 Å². The molecule has 0 bridgehead atoms. The first-order chi connectivity index (χ1) is 12.7. The van der Waals surface area contributed by atoms with Gasteiger partial charge < -0.3 is 14.2 Å². The number of rotatable bonds is 3. The molecule has 1 aromatic carbocycles. The van der Waals surface area contributed by atoms with Crippen LogP contribution in [-0.2, 0) is 6.42 Å². The molecule has 0 atom stereocenters. The third kappa shape index (κ3) is 2.97. The Morgan fingerprint density at radius 1 is 1.12 bits per heavy atom. The molecule has 0 N–H and O–H groups in total. The number of fused-ring (bicyclic) bond motifs is 1. The zero-order valence-corrected chi connectivity index (χ0v) is 15.1. The maximum absolute atomic E-state index is 12.6. The topological polar surface area (TPSA) is 62.5 Å². The summed E-state index contributed by atoms with van der Waals surface area (Å²) < 4.78 is 5.63. The second-order valence-corrected chi connectivity index (χ2v) is 6.64. The molecule has 0 amide bonds. The SMILES string of the molecule is CCc1cccc2nc(-c3cccnc3N3CCN(C)CC3)oc(=O)c12. The minimum Gasteiger partial charge on any atom is -0.403 e. The standard InChI is InChI=1S/C20H22N4O2/c1-3-14-6-4-8-16-17(14)20(25)26-19(22-16)15-7-5-9-21-18(15)24-12-10-23(2)11-13-24/h4-9H,3,10-13H2,1-2H3. The van der Waals surface area contributed by atoms with Crippen molar-refractivity contribution in [1.82, 2.24) is 14.9 Å². The molecule has 6 heteroatoms. The fourth-order valence-electron chi connectivity index (χ4n) is 3.43. The zero-order chi connectivity index (χ0) is 18.1. The van der Waals surface area contributed by atoms with Gasteiger partial charge in [0, 0.05) is 32.4 Å². The van der Waals surface area contributed by atoms with Crippen molar-refractivity contribution in [3.8, 4) is 11.5 Å². The number of anilines is 1.